The number of pyridine rings is 1. The van der Waals surface area contributed by atoms with Crippen molar-refractivity contribution in [2.75, 3.05) is 20.3 Å². The number of carbonyl (C=O) groups excluding carboxylic acids is 1. The second-order valence-electron chi connectivity index (χ2n) is 2.92. The number of ether oxygens (including phenoxy) is 1. The fourth-order valence-electron chi connectivity index (χ4n) is 1.07. The molecule has 0 saturated heterocycles. The van der Waals surface area contributed by atoms with Gasteiger partial charge in [0.2, 0.25) is 0 Å². The zero-order valence-electron chi connectivity index (χ0n) is 10.4. The maximum absolute atomic E-state index is 11.5. The van der Waals surface area contributed by atoms with Crippen LogP contribution in [0, 0.1) is 6.92 Å². The largest absolute Gasteiger partial charge is 0.383 e. The minimum atomic E-state index is -0.153. The van der Waals surface area contributed by atoms with Crippen LogP contribution in [0.25, 0.3) is 0 Å². The van der Waals surface area contributed by atoms with Crippen LogP contribution in [0.1, 0.15) is 29.9 Å². The summed E-state index contributed by atoms with van der Waals surface area (Å²) < 4.78 is 4.82. The van der Waals surface area contributed by atoms with E-state index in [1.807, 2.05) is 26.8 Å². The minimum absolute atomic E-state index is 0.153. The topological polar surface area (TPSA) is 51.2 Å². The lowest BCUT2D eigenvalue weighted by Gasteiger charge is -2.05. The van der Waals surface area contributed by atoms with E-state index in [2.05, 4.69) is 10.3 Å². The second kappa shape index (κ2) is 8.85. The number of nitrogens with one attached hydrogen (secondary N) is 1. The van der Waals surface area contributed by atoms with Crippen LogP contribution in [0.5, 0.6) is 0 Å². The Morgan fingerprint density at radius 2 is 2.19 bits per heavy atom. The van der Waals surface area contributed by atoms with Gasteiger partial charge in [0, 0.05) is 19.9 Å². The number of aromatic nitrogens is 1. The normalized spacial score (nSPS) is 9.00. The van der Waals surface area contributed by atoms with E-state index in [9.17, 15) is 4.79 Å². The lowest BCUT2D eigenvalue weighted by Crippen LogP contribution is -2.28. The molecule has 1 heterocycles. The third kappa shape index (κ3) is 4.89. The van der Waals surface area contributed by atoms with E-state index in [0.717, 1.165) is 5.56 Å². The van der Waals surface area contributed by atoms with Crippen LogP contribution in [-0.2, 0) is 4.74 Å². The van der Waals surface area contributed by atoms with Crippen LogP contribution in [-0.4, -0.2) is 31.2 Å². The summed E-state index contributed by atoms with van der Waals surface area (Å²) in [4.78, 5) is 15.5. The van der Waals surface area contributed by atoms with Crippen molar-refractivity contribution in [2.45, 2.75) is 20.8 Å². The highest BCUT2D eigenvalue weighted by Gasteiger charge is 2.08. The Balaban J connectivity index is 0.00000106. The number of nitrogens with zero attached hydrogens (tertiary/aromatic N) is 1. The molecule has 1 rings (SSSR count). The number of hydrogen-bond acceptors (Lipinski definition) is 3. The van der Waals surface area contributed by atoms with Crippen LogP contribution in [0.15, 0.2) is 18.3 Å². The molecule has 0 saturated carbocycles. The molecule has 0 aliphatic carbocycles. The number of carbonyl (C=O) groups is 1. The van der Waals surface area contributed by atoms with Crippen LogP contribution in [0.2, 0.25) is 0 Å². The van der Waals surface area contributed by atoms with Gasteiger partial charge in [0.1, 0.15) is 5.69 Å². The first-order valence-corrected chi connectivity index (χ1v) is 5.44. The minimum Gasteiger partial charge on any atom is -0.383 e. The highest BCUT2D eigenvalue weighted by molar-refractivity contribution is 5.93. The lowest BCUT2D eigenvalue weighted by molar-refractivity contribution is 0.0931. The smallest absolute Gasteiger partial charge is 0.270 e. The maximum atomic E-state index is 11.5. The molecule has 4 heteroatoms. The monoisotopic (exact) mass is 224 g/mol. The highest BCUT2D eigenvalue weighted by Crippen LogP contribution is 2.01. The average Bonchev–Trinajstić information content (AvgIpc) is 2.32. The van der Waals surface area contributed by atoms with Crippen molar-refractivity contribution >= 4 is 5.91 Å². The summed E-state index contributed by atoms with van der Waals surface area (Å²) >= 11 is 0. The number of methoxy groups -OCH3 is 1. The summed E-state index contributed by atoms with van der Waals surface area (Å²) in [6.45, 7) is 6.88. The van der Waals surface area contributed by atoms with Crippen molar-refractivity contribution in [3.8, 4) is 0 Å². The first-order valence-electron chi connectivity index (χ1n) is 5.44. The highest BCUT2D eigenvalue weighted by atomic mass is 16.5. The summed E-state index contributed by atoms with van der Waals surface area (Å²) in [6, 6.07) is 3.67. The fraction of sp³-hybridized carbons (Fsp3) is 0.500. The summed E-state index contributed by atoms with van der Waals surface area (Å²) in [5.41, 5.74) is 1.35. The third-order valence-electron chi connectivity index (χ3n) is 1.82. The maximum Gasteiger partial charge on any atom is 0.270 e. The van der Waals surface area contributed by atoms with E-state index in [-0.39, 0.29) is 5.91 Å². The molecule has 0 atom stereocenters. The molecule has 0 radical (unpaired) electrons. The van der Waals surface area contributed by atoms with E-state index in [4.69, 9.17) is 4.74 Å². The lowest BCUT2D eigenvalue weighted by atomic mass is 10.2. The molecule has 0 spiro atoms. The number of aryl methyl sites for hydroxylation is 1. The molecule has 0 aromatic carbocycles. The molecule has 0 bridgehead atoms. The van der Waals surface area contributed by atoms with Gasteiger partial charge < -0.3 is 10.1 Å². The van der Waals surface area contributed by atoms with Gasteiger partial charge in [-0.15, -0.1) is 0 Å². The SMILES string of the molecule is CC.COCCNC(=O)c1ncccc1C. The summed E-state index contributed by atoms with van der Waals surface area (Å²) in [5, 5.41) is 2.71. The number of rotatable bonds is 4. The van der Waals surface area contributed by atoms with Gasteiger partial charge in [0.25, 0.3) is 5.91 Å². The molecule has 16 heavy (non-hydrogen) atoms. The first-order chi connectivity index (χ1) is 7.75. The Hall–Kier alpha value is -1.42. The Morgan fingerprint density at radius 3 is 2.75 bits per heavy atom. The van der Waals surface area contributed by atoms with Crippen LogP contribution in [0.4, 0.5) is 0 Å². The Morgan fingerprint density at radius 1 is 1.50 bits per heavy atom. The van der Waals surface area contributed by atoms with Gasteiger partial charge in [-0.2, -0.15) is 0 Å². The summed E-state index contributed by atoms with van der Waals surface area (Å²) in [7, 11) is 1.60. The third-order valence-corrected chi connectivity index (χ3v) is 1.82. The molecule has 90 valence electrons. The first kappa shape index (κ1) is 14.6. The molecule has 0 unspecified atom stereocenters. The Labute approximate surface area is 97.0 Å². The second-order valence-corrected chi connectivity index (χ2v) is 2.92. The average molecular weight is 224 g/mol. The quantitative estimate of drug-likeness (QED) is 0.793. The molecule has 0 aliphatic rings. The van der Waals surface area contributed by atoms with E-state index >= 15 is 0 Å². The molecule has 1 aromatic heterocycles. The molecule has 1 amide bonds. The van der Waals surface area contributed by atoms with Crippen molar-refractivity contribution in [1.82, 2.24) is 10.3 Å². The summed E-state index contributed by atoms with van der Waals surface area (Å²) in [6.07, 6.45) is 1.61. The van der Waals surface area contributed by atoms with Gasteiger partial charge in [0.05, 0.1) is 6.61 Å². The van der Waals surface area contributed by atoms with Crippen molar-refractivity contribution in [3.05, 3.63) is 29.6 Å². The Bertz CT molecular complexity index is 314. The van der Waals surface area contributed by atoms with Gasteiger partial charge in [-0.1, -0.05) is 19.9 Å². The Kier molecular flexibility index (Phi) is 8.07. The van der Waals surface area contributed by atoms with Crippen molar-refractivity contribution in [3.63, 3.8) is 0 Å². The van der Waals surface area contributed by atoms with Gasteiger partial charge >= 0.3 is 0 Å². The van der Waals surface area contributed by atoms with E-state index in [1.54, 1.807) is 19.4 Å². The zero-order valence-corrected chi connectivity index (χ0v) is 10.4. The van der Waals surface area contributed by atoms with E-state index < -0.39 is 0 Å². The molecule has 1 aromatic rings. The molecule has 0 aliphatic heterocycles. The standard InChI is InChI=1S/C10H14N2O2.C2H6/c1-8-4-3-5-11-9(8)10(13)12-6-7-14-2;1-2/h3-5H,6-7H2,1-2H3,(H,12,13);1-2H3. The number of amides is 1. The zero-order chi connectivity index (χ0) is 12.4. The molecular formula is C12H20N2O2. The fourth-order valence-corrected chi connectivity index (χ4v) is 1.07. The molecule has 4 nitrogen and oxygen atoms in total. The van der Waals surface area contributed by atoms with E-state index in [0.29, 0.717) is 18.8 Å². The predicted octanol–water partition coefficient (Wildman–Crippen LogP) is 1.79. The van der Waals surface area contributed by atoms with Crippen molar-refractivity contribution in [1.29, 1.82) is 0 Å². The van der Waals surface area contributed by atoms with Crippen LogP contribution in [0.3, 0.4) is 0 Å². The van der Waals surface area contributed by atoms with Crippen molar-refractivity contribution in [2.24, 2.45) is 0 Å². The van der Waals surface area contributed by atoms with Crippen molar-refractivity contribution < 1.29 is 9.53 Å². The molecular weight excluding hydrogens is 204 g/mol. The van der Waals surface area contributed by atoms with Gasteiger partial charge in [-0.3, -0.25) is 9.78 Å². The predicted molar refractivity (Wildman–Crippen MR) is 64.5 cm³/mol. The van der Waals surface area contributed by atoms with Gasteiger partial charge in [-0.05, 0) is 18.6 Å². The summed E-state index contributed by atoms with van der Waals surface area (Å²) in [5.74, 6) is -0.153. The van der Waals surface area contributed by atoms with Gasteiger partial charge in [-0.25, -0.2) is 0 Å². The van der Waals surface area contributed by atoms with Crippen LogP contribution < -0.4 is 5.32 Å². The van der Waals surface area contributed by atoms with E-state index in [1.165, 1.54) is 0 Å². The van der Waals surface area contributed by atoms with Gasteiger partial charge in [0.15, 0.2) is 0 Å². The number of hydrogen-bond donors (Lipinski definition) is 1. The molecule has 1 N–H and O–H groups in total. The molecule has 0 fully saturated rings. The van der Waals surface area contributed by atoms with Crippen LogP contribution >= 0.6 is 0 Å².